The number of nitrogens with one attached hydrogen (secondary N) is 1. The topological polar surface area (TPSA) is 80.6 Å². The van der Waals surface area contributed by atoms with Crippen LogP contribution >= 0.6 is 0 Å². The fraction of sp³-hybridized carbons (Fsp3) is 0.167. The summed E-state index contributed by atoms with van der Waals surface area (Å²) >= 11 is 0. The van der Waals surface area contributed by atoms with Gasteiger partial charge in [-0.05, 0) is 41.5 Å². The molecule has 0 unspecified atom stereocenters. The number of nitrogens with zero attached hydrogens (tertiary/aromatic N) is 1. The number of nitriles is 1. The van der Waals surface area contributed by atoms with Crippen molar-refractivity contribution in [3.63, 3.8) is 0 Å². The smallest absolute Gasteiger partial charge is 0.251 e. The Balaban J connectivity index is 1.61. The molecule has 6 nitrogen and oxygen atoms in total. The van der Waals surface area contributed by atoms with Crippen molar-refractivity contribution in [1.82, 2.24) is 5.32 Å². The lowest BCUT2D eigenvalue weighted by Crippen LogP contribution is -2.22. The van der Waals surface area contributed by atoms with Crippen LogP contribution in [0.1, 0.15) is 21.5 Å². The van der Waals surface area contributed by atoms with Crippen LogP contribution in [0.2, 0.25) is 0 Å². The third-order valence-corrected chi connectivity index (χ3v) is 4.32. The molecule has 0 saturated heterocycles. The summed E-state index contributed by atoms with van der Waals surface area (Å²) in [6.45, 7) is 0.721. The van der Waals surface area contributed by atoms with Crippen LogP contribution in [0.25, 0.3) is 0 Å². The van der Waals surface area contributed by atoms with E-state index in [0.717, 1.165) is 11.1 Å². The molecule has 0 radical (unpaired) electrons. The molecule has 0 saturated carbocycles. The van der Waals surface area contributed by atoms with Gasteiger partial charge in [0.25, 0.3) is 5.91 Å². The number of benzene rings is 3. The normalized spacial score (nSPS) is 10.0. The van der Waals surface area contributed by atoms with Gasteiger partial charge in [0.15, 0.2) is 18.1 Å². The monoisotopic (exact) mass is 402 g/mol. The molecule has 1 N–H and O–H groups in total. The highest BCUT2D eigenvalue weighted by Gasteiger charge is 2.11. The van der Waals surface area contributed by atoms with Crippen LogP contribution in [-0.4, -0.2) is 19.6 Å². The van der Waals surface area contributed by atoms with Gasteiger partial charge in [-0.15, -0.1) is 0 Å². The van der Waals surface area contributed by atoms with Gasteiger partial charge < -0.3 is 19.5 Å². The lowest BCUT2D eigenvalue weighted by atomic mass is 10.1. The Hall–Kier alpha value is -3.98. The van der Waals surface area contributed by atoms with Crippen molar-refractivity contribution in [2.24, 2.45) is 0 Å². The van der Waals surface area contributed by atoms with E-state index in [4.69, 9.17) is 19.5 Å². The van der Waals surface area contributed by atoms with Crippen LogP contribution in [0.4, 0.5) is 0 Å². The Morgan fingerprint density at radius 2 is 1.73 bits per heavy atom. The zero-order valence-corrected chi connectivity index (χ0v) is 16.6. The van der Waals surface area contributed by atoms with Gasteiger partial charge in [-0.1, -0.05) is 42.5 Å². The van der Waals surface area contributed by atoms with E-state index in [-0.39, 0.29) is 12.5 Å². The maximum Gasteiger partial charge on any atom is 0.251 e. The zero-order chi connectivity index (χ0) is 21.2. The summed E-state index contributed by atoms with van der Waals surface area (Å²) in [5.41, 5.74) is 2.38. The van der Waals surface area contributed by atoms with E-state index in [1.54, 1.807) is 37.4 Å². The second kappa shape index (κ2) is 10.5. The molecule has 6 heteroatoms. The van der Waals surface area contributed by atoms with E-state index in [2.05, 4.69) is 5.32 Å². The number of rotatable bonds is 9. The van der Waals surface area contributed by atoms with Crippen molar-refractivity contribution in [2.75, 3.05) is 13.7 Å². The molecule has 3 aromatic carbocycles. The van der Waals surface area contributed by atoms with E-state index in [9.17, 15) is 4.79 Å². The highest BCUT2D eigenvalue weighted by atomic mass is 16.5. The Labute approximate surface area is 175 Å². The Bertz CT molecular complexity index is 1030. The molecule has 0 fully saturated rings. The first kappa shape index (κ1) is 20.7. The molecule has 3 rings (SSSR count). The Morgan fingerprint density at radius 1 is 0.933 bits per heavy atom. The summed E-state index contributed by atoms with van der Waals surface area (Å²) in [5, 5.41) is 11.5. The summed E-state index contributed by atoms with van der Waals surface area (Å²) < 4.78 is 16.5. The van der Waals surface area contributed by atoms with Crippen LogP contribution in [0.3, 0.4) is 0 Å². The molecule has 3 aromatic rings. The van der Waals surface area contributed by atoms with Crippen molar-refractivity contribution in [3.8, 4) is 23.3 Å². The first-order valence-corrected chi connectivity index (χ1v) is 9.41. The van der Waals surface area contributed by atoms with E-state index >= 15 is 0 Å². The fourth-order valence-corrected chi connectivity index (χ4v) is 2.81. The first-order valence-electron chi connectivity index (χ1n) is 9.41. The second-order valence-corrected chi connectivity index (χ2v) is 6.42. The van der Waals surface area contributed by atoms with E-state index in [0.29, 0.717) is 36.0 Å². The number of carbonyl (C=O) groups excluding carboxylic acids is 1. The molecule has 0 bridgehead atoms. The van der Waals surface area contributed by atoms with E-state index in [1.165, 1.54) is 0 Å². The lowest BCUT2D eigenvalue weighted by Gasteiger charge is -2.13. The van der Waals surface area contributed by atoms with Crippen molar-refractivity contribution >= 4 is 5.91 Å². The van der Waals surface area contributed by atoms with Crippen molar-refractivity contribution in [1.29, 1.82) is 5.26 Å². The van der Waals surface area contributed by atoms with Gasteiger partial charge in [0.05, 0.1) is 7.11 Å². The van der Waals surface area contributed by atoms with Crippen LogP contribution in [0.5, 0.6) is 17.2 Å². The molecule has 0 heterocycles. The van der Waals surface area contributed by atoms with Crippen LogP contribution in [0.15, 0.2) is 72.8 Å². The second-order valence-electron chi connectivity index (χ2n) is 6.42. The zero-order valence-electron chi connectivity index (χ0n) is 16.6. The van der Waals surface area contributed by atoms with Gasteiger partial charge in [0.2, 0.25) is 0 Å². The highest BCUT2D eigenvalue weighted by Crippen LogP contribution is 2.29. The number of amides is 1. The third kappa shape index (κ3) is 5.76. The summed E-state index contributed by atoms with van der Waals surface area (Å²) in [4.78, 5) is 12.6. The predicted molar refractivity (Wildman–Crippen MR) is 112 cm³/mol. The van der Waals surface area contributed by atoms with Crippen LogP contribution in [-0.2, 0) is 13.2 Å². The van der Waals surface area contributed by atoms with E-state index < -0.39 is 0 Å². The van der Waals surface area contributed by atoms with Crippen LogP contribution in [0, 0.1) is 11.3 Å². The quantitative estimate of drug-likeness (QED) is 0.583. The summed E-state index contributed by atoms with van der Waals surface area (Å²) in [5.74, 6) is 1.42. The van der Waals surface area contributed by atoms with Crippen LogP contribution < -0.4 is 19.5 Å². The molecule has 1 amide bonds. The first-order chi connectivity index (χ1) is 14.7. The molecule has 30 heavy (non-hydrogen) atoms. The van der Waals surface area contributed by atoms with Gasteiger partial charge >= 0.3 is 0 Å². The number of hydrogen-bond donors (Lipinski definition) is 1. The molecule has 0 atom stereocenters. The highest BCUT2D eigenvalue weighted by molar-refractivity contribution is 5.94. The number of ether oxygens (including phenoxy) is 3. The molecule has 0 aliphatic heterocycles. The van der Waals surface area contributed by atoms with Gasteiger partial charge in [-0.3, -0.25) is 4.79 Å². The molecule has 0 spiro atoms. The maximum atomic E-state index is 12.6. The standard InChI is InChI=1S/C24H22N2O4/c1-28-23-15-20(10-11-22(23)30-17-18-6-3-2-4-7-18)24(27)26-16-19-8-5-9-21(14-19)29-13-12-25/h2-11,14-15H,13,16-17H2,1H3,(H,26,27). The summed E-state index contributed by atoms with van der Waals surface area (Å²) in [6, 6.07) is 24.1. The number of carbonyl (C=O) groups is 1. The largest absolute Gasteiger partial charge is 0.493 e. The SMILES string of the molecule is COc1cc(C(=O)NCc2cccc(OCC#N)c2)ccc1OCc1ccccc1. The summed E-state index contributed by atoms with van der Waals surface area (Å²) in [7, 11) is 1.54. The number of hydrogen-bond acceptors (Lipinski definition) is 5. The molecular weight excluding hydrogens is 380 g/mol. The Morgan fingerprint density at radius 3 is 2.50 bits per heavy atom. The molecule has 0 aliphatic carbocycles. The third-order valence-electron chi connectivity index (χ3n) is 4.32. The molecule has 152 valence electrons. The Kier molecular flexibility index (Phi) is 7.28. The molecule has 0 aliphatic rings. The van der Waals surface area contributed by atoms with Crippen molar-refractivity contribution in [2.45, 2.75) is 13.2 Å². The maximum absolute atomic E-state index is 12.6. The predicted octanol–water partition coefficient (Wildman–Crippen LogP) is 4.11. The average Bonchev–Trinajstić information content (AvgIpc) is 2.80. The van der Waals surface area contributed by atoms with Crippen molar-refractivity contribution in [3.05, 3.63) is 89.5 Å². The minimum atomic E-state index is -0.230. The fourth-order valence-electron chi connectivity index (χ4n) is 2.81. The minimum Gasteiger partial charge on any atom is -0.493 e. The van der Waals surface area contributed by atoms with E-state index in [1.807, 2.05) is 48.5 Å². The minimum absolute atomic E-state index is 0.0195. The van der Waals surface area contributed by atoms with Crippen molar-refractivity contribution < 1.29 is 19.0 Å². The molecular formula is C24H22N2O4. The van der Waals surface area contributed by atoms with Gasteiger partial charge in [0.1, 0.15) is 18.4 Å². The summed E-state index contributed by atoms with van der Waals surface area (Å²) in [6.07, 6.45) is 0. The van der Waals surface area contributed by atoms with Gasteiger partial charge in [-0.2, -0.15) is 5.26 Å². The van der Waals surface area contributed by atoms with Gasteiger partial charge in [0, 0.05) is 12.1 Å². The van der Waals surface area contributed by atoms with Gasteiger partial charge in [-0.25, -0.2) is 0 Å². The average molecular weight is 402 g/mol. The number of methoxy groups -OCH3 is 1. The lowest BCUT2D eigenvalue weighted by molar-refractivity contribution is 0.0950. The molecule has 0 aromatic heterocycles.